The van der Waals surface area contributed by atoms with E-state index in [0.717, 1.165) is 47.7 Å². The van der Waals surface area contributed by atoms with E-state index in [1.807, 2.05) is 73.7 Å². The van der Waals surface area contributed by atoms with Gasteiger partial charge in [-0.1, -0.05) is 48.9 Å². The lowest BCUT2D eigenvalue weighted by Crippen LogP contribution is -2.43. The molecule has 3 aromatic rings. The van der Waals surface area contributed by atoms with Gasteiger partial charge in [0.15, 0.2) is 0 Å². The van der Waals surface area contributed by atoms with Gasteiger partial charge in [0.1, 0.15) is 29.5 Å². The van der Waals surface area contributed by atoms with Gasteiger partial charge in [0.05, 0.1) is 11.8 Å². The number of aromatic hydroxyl groups is 1. The maximum atomic E-state index is 14.1. The van der Waals surface area contributed by atoms with Crippen molar-refractivity contribution < 1.29 is 23.0 Å². The first-order valence-corrected chi connectivity index (χ1v) is 16.2. The molecule has 0 saturated carbocycles. The number of piperidine rings is 1. The molecule has 8 heteroatoms. The van der Waals surface area contributed by atoms with E-state index in [1.54, 1.807) is 12.1 Å². The van der Waals surface area contributed by atoms with Crippen molar-refractivity contribution in [1.82, 2.24) is 4.90 Å². The molecule has 1 N–H and O–H groups in total. The Bertz CT molecular complexity index is 1470. The number of para-hydroxylation sites is 1. The Morgan fingerprint density at radius 3 is 2.24 bits per heavy atom. The van der Waals surface area contributed by atoms with Crippen LogP contribution in [0, 0.1) is 0 Å². The molecule has 216 valence electrons. The van der Waals surface area contributed by atoms with Crippen LogP contribution in [0.15, 0.2) is 78.9 Å². The van der Waals surface area contributed by atoms with Gasteiger partial charge in [0.25, 0.3) is 0 Å². The normalized spacial score (nSPS) is 22.7. The van der Waals surface area contributed by atoms with Crippen LogP contribution >= 0.6 is 0 Å². The lowest BCUT2D eigenvalue weighted by molar-refractivity contribution is 0.128. The Hall–Kier alpha value is -3.33. The van der Waals surface area contributed by atoms with Gasteiger partial charge in [-0.2, -0.15) is 0 Å². The Morgan fingerprint density at radius 1 is 0.902 bits per heavy atom. The first-order chi connectivity index (χ1) is 20.0. The van der Waals surface area contributed by atoms with Crippen molar-refractivity contribution in [3.63, 3.8) is 0 Å². The smallest absolute Gasteiger partial charge is 0.241 e. The van der Waals surface area contributed by atoms with Gasteiger partial charge in [-0.3, -0.25) is 9.21 Å². The molecule has 3 atom stereocenters. The number of benzene rings is 3. The van der Waals surface area contributed by atoms with Crippen molar-refractivity contribution in [2.75, 3.05) is 37.1 Å². The lowest BCUT2D eigenvalue weighted by Gasteiger charge is -2.31. The third kappa shape index (κ3) is 5.61. The highest BCUT2D eigenvalue weighted by Gasteiger charge is 2.54. The third-order valence-electron chi connectivity index (χ3n) is 8.48. The standard InChI is InChI=1S/C33H38N2O5S/c1-2-35(26-9-5-3-6-10-26)41(37,38)30-23-29-31(24-11-15-27(36)16-12-24)32(33(30)40-29)25-13-17-28(18-14-25)39-22-21-34-19-7-4-8-20-34/h3,5-6,9-18,29-30,33,36H,2,4,7-8,19-23H2,1H3/t29-,30+,33+/m1/s1. The summed E-state index contributed by atoms with van der Waals surface area (Å²) in [6, 6.07) is 24.3. The Balaban J connectivity index is 1.29. The predicted molar refractivity (Wildman–Crippen MR) is 163 cm³/mol. The molecule has 2 saturated heterocycles. The second-order valence-corrected chi connectivity index (χ2v) is 13.1. The molecule has 3 heterocycles. The molecule has 0 unspecified atom stereocenters. The predicted octanol–water partition coefficient (Wildman–Crippen LogP) is 5.56. The van der Waals surface area contributed by atoms with E-state index in [-0.39, 0.29) is 11.9 Å². The number of phenolic OH excluding ortho intramolecular Hbond substituents is 1. The van der Waals surface area contributed by atoms with Crippen LogP contribution < -0.4 is 9.04 Å². The molecule has 0 aromatic heterocycles. The van der Waals surface area contributed by atoms with Gasteiger partial charge in [0.2, 0.25) is 10.0 Å². The van der Waals surface area contributed by atoms with E-state index < -0.39 is 21.4 Å². The van der Waals surface area contributed by atoms with Crippen molar-refractivity contribution in [3.8, 4) is 11.5 Å². The highest BCUT2D eigenvalue weighted by molar-refractivity contribution is 7.93. The highest BCUT2D eigenvalue weighted by atomic mass is 32.2. The van der Waals surface area contributed by atoms with Gasteiger partial charge >= 0.3 is 0 Å². The summed E-state index contributed by atoms with van der Waals surface area (Å²) in [5.41, 5.74) is 4.39. The minimum atomic E-state index is -3.71. The molecule has 2 bridgehead atoms. The van der Waals surface area contributed by atoms with Crippen LogP contribution in [-0.4, -0.2) is 68.7 Å². The van der Waals surface area contributed by atoms with Crippen molar-refractivity contribution in [2.24, 2.45) is 0 Å². The SMILES string of the molecule is CCN(c1ccccc1)S(=O)(=O)[C@H]1C[C@H]2O[C@@H]1C(c1ccc(OCCN3CCCCC3)cc1)=C2c1ccc(O)cc1. The van der Waals surface area contributed by atoms with Crippen LogP contribution in [0.5, 0.6) is 11.5 Å². The number of fused-ring (bicyclic) bond motifs is 2. The summed E-state index contributed by atoms with van der Waals surface area (Å²) in [6.45, 7) is 6.05. The topological polar surface area (TPSA) is 79.3 Å². The van der Waals surface area contributed by atoms with E-state index in [0.29, 0.717) is 25.3 Å². The average molecular weight is 575 g/mol. The summed E-state index contributed by atoms with van der Waals surface area (Å²) < 4.78 is 42.2. The lowest BCUT2D eigenvalue weighted by atomic mass is 9.83. The van der Waals surface area contributed by atoms with Crippen molar-refractivity contribution in [1.29, 1.82) is 0 Å². The zero-order valence-electron chi connectivity index (χ0n) is 23.5. The van der Waals surface area contributed by atoms with Crippen molar-refractivity contribution in [3.05, 3.63) is 90.0 Å². The highest BCUT2D eigenvalue weighted by Crippen LogP contribution is 2.51. The molecule has 3 aromatic carbocycles. The minimum Gasteiger partial charge on any atom is -0.508 e. The van der Waals surface area contributed by atoms with Crippen LogP contribution in [0.3, 0.4) is 0 Å². The van der Waals surface area contributed by atoms with Crippen LogP contribution in [0.25, 0.3) is 11.1 Å². The van der Waals surface area contributed by atoms with Gasteiger partial charge in [-0.05, 0) is 97.9 Å². The second-order valence-electron chi connectivity index (χ2n) is 11.0. The fourth-order valence-electron chi connectivity index (χ4n) is 6.47. The molecule has 3 aliphatic heterocycles. The van der Waals surface area contributed by atoms with E-state index in [4.69, 9.17) is 9.47 Å². The Kier molecular flexibility index (Phi) is 8.06. The molecule has 41 heavy (non-hydrogen) atoms. The van der Waals surface area contributed by atoms with Crippen LogP contribution in [-0.2, 0) is 14.8 Å². The maximum Gasteiger partial charge on any atom is 0.241 e. The number of sulfonamides is 1. The minimum absolute atomic E-state index is 0.188. The first-order valence-electron chi connectivity index (χ1n) is 14.7. The second kappa shape index (κ2) is 11.9. The largest absolute Gasteiger partial charge is 0.508 e. The Labute approximate surface area is 243 Å². The van der Waals surface area contributed by atoms with E-state index in [2.05, 4.69) is 4.90 Å². The van der Waals surface area contributed by atoms with Crippen LogP contribution in [0.4, 0.5) is 5.69 Å². The number of hydrogen-bond acceptors (Lipinski definition) is 6. The molecular formula is C33H38N2O5S. The first kappa shape index (κ1) is 27.8. The van der Waals surface area contributed by atoms with Gasteiger partial charge in [-0.15, -0.1) is 0 Å². The third-order valence-corrected chi connectivity index (χ3v) is 10.8. The fraction of sp³-hybridized carbons (Fsp3) is 0.394. The van der Waals surface area contributed by atoms with E-state index in [1.165, 1.54) is 23.6 Å². The number of nitrogens with zero attached hydrogens (tertiary/aromatic N) is 2. The summed E-state index contributed by atoms with van der Waals surface area (Å²) in [7, 11) is -3.71. The summed E-state index contributed by atoms with van der Waals surface area (Å²) >= 11 is 0. The quantitative estimate of drug-likeness (QED) is 0.341. The number of phenols is 1. The summed E-state index contributed by atoms with van der Waals surface area (Å²) in [5.74, 6) is 0.986. The number of rotatable bonds is 10. The number of likely N-dealkylation sites (tertiary alicyclic amines) is 1. The van der Waals surface area contributed by atoms with E-state index in [9.17, 15) is 13.5 Å². The zero-order valence-corrected chi connectivity index (χ0v) is 24.3. The molecule has 0 spiro atoms. The maximum absolute atomic E-state index is 14.1. The molecule has 0 aliphatic carbocycles. The molecule has 3 aliphatic rings. The van der Waals surface area contributed by atoms with Crippen LogP contribution in [0.1, 0.15) is 43.7 Å². The van der Waals surface area contributed by atoms with Crippen molar-refractivity contribution in [2.45, 2.75) is 50.1 Å². The Morgan fingerprint density at radius 2 is 1.56 bits per heavy atom. The van der Waals surface area contributed by atoms with Crippen LogP contribution in [0.2, 0.25) is 0 Å². The van der Waals surface area contributed by atoms with E-state index >= 15 is 0 Å². The number of anilines is 1. The summed E-state index contributed by atoms with van der Waals surface area (Å²) in [4.78, 5) is 2.45. The number of ether oxygens (including phenoxy) is 2. The number of hydrogen-bond donors (Lipinski definition) is 1. The van der Waals surface area contributed by atoms with Gasteiger partial charge < -0.3 is 14.6 Å². The van der Waals surface area contributed by atoms with Crippen molar-refractivity contribution >= 4 is 26.9 Å². The molecule has 7 nitrogen and oxygen atoms in total. The van der Waals surface area contributed by atoms with Gasteiger partial charge in [0, 0.05) is 13.1 Å². The molecule has 0 radical (unpaired) electrons. The summed E-state index contributed by atoms with van der Waals surface area (Å²) in [6.07, 6.45) is 3.27. The molecule has 0 amide bonds. The average Bonchev–Trinajstić information content (AvgIpc) is 3.60. The molecule has 2 fully saturated rings. The zero-order chi connectivity index (χ0) is 28.4. The molecule has 6 rings (SSSR count). The monoisotopic (exact) mass is 574 g/mol. The summed E-state index contributed by atoms with van der Waals surface area (Å²) in [5, 5.41) is 9.19. The fourth-order valence-corrected chi connectivity index (χ4v) is 8.51. The molecular weight excluding hydrogens is 536 g/mol. The van der Waals surface area contributed by atoms with Gasteiger partial charge in [-0.25, -0.2) is 8.42 Å².